The van der Waals surface area contributed by atoms with Crippen LogP contribution in [0.4, 0.5) is 0 Å². The van der Waals surface area contributed by atoms with E-state index in [1.165, 1.54) is 19.3 Å². The molecule has 3 N–H and O–H groups in total. The first-order chi connectivity index (χ1) is 13.2. The third-order valence-corrected chi connectivity index (χ3v) is 10.3. The summed E-state index contributed by atoms with van der Waals surface area (Å²) in [6, 6.07) is 0. The van der Waals surface area contributed by atoms with Crippen LogP contribution in [0.1, 0.15) is 85.0 Å². The summed E-state index contributed by atoms with van der Waals surface area (Å²) in [5.41, 5.74) is 0.216. The van der Waals surface area contributed by atoms with Crippen molar-refractivity contribution < 1.29 is 20.1 Å². The van der Waals surface area contributed by atoms with Gasteiger partial charge in [-0.3, -0.25) is 4.79 Å². The first-order valence-electron chi connectivity index (χ1n) is 11.8. The second kappa shape index (κ2) is 7.27. The normalized spacial score (nSPS) is 51.7. The summed E-state index contributed by atoms with van der Waals surface area (Å²) in [5.74, 6) is 2.55. The second-order valence-corrected chi connectivity index (χ2v) is 11.3. The fraction of sp³-hybridized carbons (Fsp3) is 0.958. The molecule has 0 saturated heterocycles. The van der Waals surface area contributed by atoms with Crippen LogP contribution in [0.15, 0.2) is 0 Å². The topological polar surface area (TPSA) is 77.8 Å². The molecule has 0 unspecified atom stereocenters. The molecule has 4 aliphatic carbocycles. The average Bonchev–Trinajstić information content (AvgIpc) is 3.00. The summed E-state index contributed by atoms with van der Waals surface area (Å²) < 4.78 is 0. The minimum absolute atomic E-state index is 0.0591. The molecule has 160 valence electrons. The SMILES string of the molecule is C[C@H](C[13CH2][13C](=O)O)[C@H]1CC[C@H]2[C@@H]3CC[C@@H]4C[C@H](O)CC[C@]4(C)[C@H]3C[C@H](O)[C@]12C. The Morgan fingerprint density at radius 2 is 1.79 bits per heavy atom. The van der Waals surface area contributed by atoms with E-state index in [2.05, 4.69) is 20.8 Å². The molecule has 10 atom stereocenters. The Labute approximate surface area is 170 Å². The molecule has 0 heterocycles. The maximum absolute atomic E-state index is 11.5. The largest absolute Gasteiger partial charge is 0.481 e. The highest BCUT2D eigenvalue weighted by molar-refractivity contribution is 5.66. The quantitative estimate of drug-likeness (QED) is 0.615. The van der Waals surface area contributed by atoms with Gasteiger partial charge in [0, 0.05) is 6.42 Å². The fourth-order valence-corrected chi connectivity index (χ4v) is 8.71. The standard InChI is InChI=1S/C24H40O4/c1-14(4-9-22(27)28)18-7-8-19-17-6-5-15-12-16(25)10-11-23(15,2)20(17)13-21(26)24(18,19)3/h14-21,25-26H,4-13H2,1-3H3,(H,27,28)/t14-,15-,16-,17+,18-,19+,20+,21+,23+,24-/m1/s1/i9+1,22+1. The van der Waals surface area contributed by atoms with Crippen LogP contribution in [0, 0.1) is 46.3 Å². The van der Waals surface area contributed by atoms with Gasteiger partial charge in [-0.15, -0.1) is 0 Å². The zero-order valence-corrected chi connectivity index (χ0v) is 17.9. The number of hydrogen-bond donors (Lipinski definition) is 3. The maximum atomic E-state index is 11.5. The Morgan fingerprint density at radius 1 is 1.04 bits per heavy atom. The minimum atomic E-state index is -0.707. The summed E-state index contributed by atoms with van der Waals surface area (Å²) in [4.78, 5) is 11.1. The molecule has 28 heavy (non-hydrogen) atoms. The summed E-state index contributed by atoms with van der Waals surface area (Å²) in [6.45, 7) is 6.99. The van der Waals surface area contributed by atoms with Crippen LogP contribution in [0.5, 0.6) is 0 Å². The Balaban J connectivity index is 1.56. The molecule has 0 bridgehead atoms. The van der Waals surface area contributed by atoms with Crippen LogP contribution in [0.25, 0.3) is 0 Å². The van der Waals surface area contributed by atoms with E-state index in [1.807, 2.05) is 0 Å². The third kappa shape index (κ3) is 3.05. The number of carbonyl (C=O) groups is 1. The molecule has 0 aromatic heterocycles. The smallest absolute Gasteiger partial charge is 0.303 e. The van der Waals surface area contributed by atoms with Gasteiger partial charge < -0.3 is 15.3 Å². The minimum Gasteiger partial charge on any atom is -0.481 e. The average molecular weight is 395 g/mol. The van der Waals surface area contributed by atoms with E-state index in [9.17, 15) is 15.0 Å². The van der Waals surface area contributed by atoms with E-state index in [4.69, 9.17) is 5.11 Å². The van der Waals surface area contributed by atoms with Gasteiger partial charge in [0.25, 0.3) is 0 Å². The first-order valence-corrected chi connectivity index (χ1v) is 11.8. The van der Waals surface area contributed by atoms with Crippen molar-refractivity contribution in [3.8, 4) is 0 Å². The molecular weight excluding hydrogens is 354 g/mol. The second-order valence-electron chi connectivity index (χ2n) is 11.3. The lowest BCUT2D eigenvalue weighted by molar-refractivity contribution is -0.175. The molecule has 0 amide bonds. The van der Waals surface area contributed by atoms with Gasteiger partial charge in [0.05, 0.1) is 12.2 Å². The van der Waals surface area contributed by atoms with Crippen molar-refractivity contribution >= 4 is 5.97 Å². The van der Waals surface area contributed by atoms with Crippen molar-refractivity contribution in [3.63, 3.8) is 0 Å². The molecule has 4 fully saturated rings. The van der Waals surface area contributed by atoms with Crippen LogP contribution < -0.4 is 0 Å². The van der Waals surface area contributed by atoms with Gasteiger partial charge in [-0.2, -0.15) is 0 Å². The fourth-order valence-electron chi connectivity index (χ4n) is 8.71. The van der Waals surface area contributed by atoms with Crippen LogP contribution in [0.2, 0.25) is 0 Å². The monoisotopic (exact) mass is 394 g/mol. The highest BCUT2D eigenvalue weighted by Crippen LogP contribution is 2.68. The van der Waals surface area contributed by atoms with Crippen molar-refractivity contribution in [1.82, 2.24) is 0 Å². The van der Waals surface area contributed by atoms with Gasteiger partial charge >= 0.3 is 5.97 Å². The zero-order chi connectivity index (χ0) is 20.3. The molecule has 4 heteroatoms. The number of fused-ring (bicyclic) bond motifs is 5. The highest BCUT2D eigenvalue weighted by atomic mass is 16.5. The summed E-state index contributed by atoms with van der Waals surface area (Å²) in [6.07, 6.45) is 9.26. The lowest BCUT2D eigenvalue weighted by Gasteiger charge is -2.62. The molecule has 4 saturated carbocycles. The predicted molar refractivity (Wildman–Crippen MR) is 109 cm³/mol. The van der Waals surface area contributed by atoms with Gasteiger partial charge in [-0.05, 0) is 104 Å². The number of aliphatic hydroxyl groups is 2. The Hall–Kier alpha value is -0.610. The molecule has 0 aromatic carbocycles. The van der Waals surface area contributed by atoms with Crippen molar-refractivity contribution in [2.45, 2.75) is 97.2 Å². The molecule has 4 nitrogen and oxygen atoms in total. The van der Waals surface area contributed by atoms with Crippen molar-refractivity contribution in [2.75, 3.05) is 0 Å². The van der Waals surface area contributed by atoms with Crippen molar-refractivity contribution in [3.05, 3.63) is 0 Å². The van der Waals surface area contributed by atoms with Crippen LogP contribution >= 0.6 is 0 Å². The van der Waals surface area contributed by atoms with Crippen LogP contribution in [0.3, 0.4) is 0 Å². The number of hydrogen-bond acceptors (Lipinski definition) is 3. The van der Waals surface area contributed by atoms with E-state index >= 15 is 0 Å². The molecule has 0 radical (unpaired) electrons. The number of carboxylic acid groups (broad SMARTS) is 1. The van der Waals surface area contributed by atoms with E-state index in [0.717, 1.165) is 38.5 Å². The maximum Gasteiger partial charge on any atom is 0.303 e. The number of carboxylic acids is 1. The van der Waals surface area contributed by atoms with Crippen molar-refractivity contribution in [2.24, 2.45) is 46.3 Å². The van der Waals surface area contributed by atoms with Gasteiger partial charge in [0.15, 0.2) is 0 Å². The van der Waals surface area contributed by atoms with Crippen molar-refractivity contribution in [1.29, 1.82) is 0 Å². The van der Waals surface area contributed by atoms with Gasteiger partial charge in [-0.1, -0.05) is 20.8 Å². The Bertz CT molecular complexity index is 605. The summed E-state index contributed by atoms with van der Waals surface area (Å²) >= 11 is 0. The molecule has 0 spiro atoms. The summed E-state index contributed by atoms with van der Waals surface area (Å²) in [7, 11) is 0. The first kappa shape index (κ1) is 20.7. The molecule has 0 aromatic rings. The van der Waals surface area contributed by atoms with Gasteiger partial charge in [0.2, 0.25) is 0 Å². The van der Waals surface area contributed by atoms with E-state index < -0.39 is 5.97 Å². The number of rotatable bonds is 4. The lowest BCUT2D eigenvalue weighted by Crippen LogP contribution is -2.58. The van der Waals surface area contributed by atoms with E-state index in [0.29, 0.717) is 35.5 Å². The highest BCUT2D eigenvalue weighted by Gasteiger charge is 2.63. The molecular formula is C24H40O4. The number of aliphatic carboxylic acids is 1. The van der Waals surface area contributed by atoms with E-state index in [1.54, 1.807) is 0 Å². The lowest BCUT2D eigenvalue weighted by atomic mass is 9.43. The Morgan fingerprint density at radius 3 is 2.50 bits per heavy atom. The van der Waals surface area contributed by atoms with Gasteiger partial charge in [0.1, 0.15) is 0 Å². The molecule has 4 aliphatic rings. The predicted octanol–water partition coefficient (Wildman–Crippen LogP) is 4.48. The third-order valence-electron chi connectivity index (χ3n) is 10.3. The van der Waals surface area contributed by atoms with Gasteiger partial charge in [-0.25, -0.2) is 0 Å². The molecule has 4 rings (SSSR count). The summed E-state index contributed by atoms with van der Waals surface area (Å²) in [5, 5.41) is 30.8. The van der Waals surface area contributed by atoms with Crippen LogP contribution in [-0.4, -0.2) is 33.5 Å². The van der Waals surface area contributed by atoms with E-state index in [-0.39, 0.29) is 29.5 Å². The van der Waals surface area contributed by atoms with Crippen LogP contribution in [-0.2, 0) is 4.79 Å². The molecule has 0 aliphatic heterocycles. The zero-order valence-electron chi connectivity index (χ0n) is 17.9. The Kier molecular flexibility index (Phi) is 5.36. The number of aliphatic hydroxyl groups excluding tert-OH is 2.